The Balaban J connectivity index is 1.38. The molecule has 8 nitrogen and oxygen atoms in total. The van der Waals surface area contributed by atoms with Crippen LogP contribution < -0.4 is 10.6 Å². The molecule has 2 aromatic rings. The van der Waals surface area contributed by atoms with Crippen LogP contribution in [0, 0.1) is 0 Å². The average molecular weight is 481 g/mol. The third kappa shape index (κ3) is 5.65. The highest BCUT2D eigenvalue weighted by Crippen LogP contribution is 2.44. The lowest BCUT2D eigenvalue weighted by Crippen LogP contribution is -2.51. The first-order valence-electron chi connectivity index (χ1n) is 12.2. The zero-order valence-corrected chi connectivity index (χ0v) is 19.7. The van der Waals surface area contributed by atoms with Crippen molar-refractivity contribution in [1.29, 1.82) is 0 Å². The molecule has 0 aliphatic heterocycles. The van der Waals surface area contributed by atoms with Gasteiger partial charge in [-0.3, -0.25) is 4.79 Å². The summed E-state index contributed by atoms with van der Waals surface area (Å²) in [5, 5.41) is 23.5. The van der Waals surface area contributed by atoms with Crippen molar-refractivity contribution in [3.8, 4) is 11.1 Å². The van der Waals surface area contributed by atoms with Crippen LogP contribution in [0.25, 0.3) is 11.1 Å². The molecule has 4 N–H and O–H groups in total. The maximum absolute atomic E-state index is 12.9. The summed E-state index contributed by atoms with van der Waals surface area (Å²) in [6.45, 7) is -0.461. The molecule has 0 bridgehead atoms. The number of alkyl carbamates (subject to hydrolysis) is 1. The van der Waals surface area contributed by atoms with Gasteiger partial charge in [0, 0.05) is 17.9 Å². The van der Waals surface area contributed by atoms with Gasteiger partial charge < -0.3 is 25.6 Å². The molecular formula is C27H32N2O6. The third-order valence-electron chi connectivity index (χ3n) is 7.17. The number of aliphatic hydroxyl groups is 1. The number of carboxylic acid groups (broad SMARTS) is 1. The van der Waals surface area contributed by atoms with Crippen LogP contribution >= 0.6 is 0 Å². The van der Waals surface area contributed by atoms with Gasteiger partial charge in [0.05, 0.1) is 6.61 Å². The van der Waals surface area contributed by atoms with Crippen molar-refractivity contribution < 1.29 is 29.3 Å². The van der Waals surface area contributed by atoms with E-state index < -0.39 is 36.2 Å². The van der Waals surface area contributed by atoms with Crippen LogP contribution in [0.15, 0.2) is 48.5 Å². The summed E-state index contributed by atoms with van der Waals surface area (Å²) in [5.41, 5.74) is 4.03. The number of fused-ring (bicyclic) bond motifs is 3. The Morgan fingerprint density at radius 2 is 1.57 bits per heavy atom. The molecule has 0 saturated heterocycles. The Hall–Kier alpha value is -3.39. The van der Waals surface area contributed by atoms with E-state index in [2.05, 4.69) is 34.9 Å². The van der Waals surface area contributed by atoms with Crippen molar-refractivity contribution in [2.75, 3.05) is 13.2 Å². The zero-order chi connectivity index (χ0) is 24.8. The highest BCUT2D eigenvalue weighted by atomic mass is 16.5. The summed E-state index contributed by atoms with van der Waals surface area (Å²) in [5.74, 6) is -1.79. The number of carbonyl (C=O) groups excluding carboxylic acids is 2. The number of aliphatic carboxylic acids is 1. The van der Waals surface area contributed by atoms with Crippen LogP contribution in [0.1, 0.15) is 62.0 Å². The molecule has 0 unspecified atom stereocenters. The molecule has 2 aliphatic carbocycles. The number of nitrogens with one attached hydrogen (secondary N) is 2. The number of carbonyl (C=O) groups is 3. The maximum atomic E-state index is 12.9. The second-order valence-electron chi connectivity index (χ2n) is 9.43. The lowest BCUT2D eigenvalue weighted by atomic mass is 9.78. The first-order valence-corrected chi connectivity index (χ1v) is 12.2. The molecule has 186 valence electrons. The third-order valence-corrected chi connectivity index (χ3v) is 7.17. The van der Waals surface area contributed by atoms with Gasteiger partial charge in [0.2, 0.25) is 5.91 Å². The quantitative estimate of drug-likeness (QED) is 0.435. The highest BCUT2D eigenvalue weighted by molar-refractivity contribution is 5.83. The van der Waals surface area contributed by atoms with E-state index in [-0.39, 0.29) is 18.9 Å². The molecule has 2 aromatic carbocycles. The van der Waals surface area contributed by atoms with Crippen LogP contribution in [0.2, 0.25) is 0 Å². The van der Waals surface area contributed by atoms with Gasteiger partial charge in [-0.15, -0.1) is 0 Å². The van der Waals surface area contributed by atoms with Gasteiger partial charge in [0.15, 0.2) is 0 Å². The summed E-state index contributed by atoms with van der Waals surface area (Å²) in [6.07, 6.45) is 4.30. The number of hydrogen-bond acceptors (Lipinski definition) is 5. The Kier molecular flexibility index (Phi) is 7.70. The van der Waals surface area contributed by atoms with E-state index in [1.54, 1.807) is 0 Å². The first kappa shape index (κ1) is 24.7. The SMILES string of the molecule is O=C(CCC1(NC(=O)OCC2c3ccccc3-c3ccccc32)CCCCC1)N[C@@H](CO)C(=O)O. The fraction of sp³-hybridized carbons (Fsp3) is 0.444. The fourth-order valence-electron chi connectivity index (χ4n) is 5.32. The molecule has 1 saturated carbocycles. The standard InChI is InChI=1S/C27H32N2O6/c30-16-23(25(32)33)28-24(31)12-15-27(13-6-1-7-14-27)29-26(34)35-17-22-20-10-4-2-8-18(20)19-9-3-5-11-21(19)22/h2-5,8-11,22-23,30H,1,6-7,12-17H2,(H,28,31)(H,29,34)(H,32,33)/t23-/m0/s1. The minimum atomic E-state index is -1.33. The molecule has 0 radical (unpaired) electrons. The number of carboxylic acids is 1. The maximum Gasteiger partial charge on any atom is 0.407 e. The van der Waals surface area contributed by atoms with Crippen molar-refractivity contribution in [3.63, 3.8) is 0 Å². The van der Waals surface area contributed by atoms with Crippen molar-refractivity contribution in [3.05, 3.63) is 59.7 Å². The minimum absolute atomic E-state index is 0.0346. The van der Waals surface area contributed by atoms with Gasteiger partial charge in [-0.2, -0.15) is 0 Å². The second kappa shape index (κ2) is 10.9. The highest BCUT2D eigenvalue weighted by Gasteiger charge is 2.36. The van der Waals surface area contributed by atoms with Crippen LogP contribution in [0.5, 0.6) is 0 Å². The van der Waals surface area contributed by atoms with Gasteiger partial charge in [-0.25, -0.2) is 9.59 Å². The van der Waals surface area contributed by atoms with E-state index in [1.807, 2.05) is 24.3 Å². The molecular weight excluding hydrogens is 448 g/mol. The summed E-state index contributed by atoms with van der Waals surface area (Å²) in [6, 6.07) is 15.0. The van der Waals surface area contributed by atoms with E-state index in [4.69, 9.17) is 14.9 Å². The molecule has 1 fully saturated rings. The van der Waals surface area contributed by atoms with Crippen molar-refractivity contribution in [1.82, 2.24) is 10.6 Å². The smallest absolute Gasteiger partial charge is 0.407 e. The predicted molar refractivity (Wildman–Crippen MR) is 130 cm³/mol. The molecule has 2 amide bonds. The van der Waals surface area contributed by atoms with Crippen molar-refractivity contribution >= 4 is 18.0 Å². The summed E-state index contributed by atoms with van der Waals surface area (Å²) in [7, 11) is 0. The minimum Gasteiger partial charge on any atom is -0.480 e. The summed E-state index contributed by atoms with van der Waals surface area (Å²) < 4.78 is 5.73. The molecule has 4 rings (SSSR count). The van der Waals surface area contributed by atoms with Crippen LogP contribution in [0.3, 0.4) is 0 Å². The van der Waals surface area contributed by atoms with Crippen molar-refractivity contribution in [2.45, 2.75) is 62.4 Å². The van der Waals surface area contributed by atoms with Crippen LogP contribution in [-0.4, -0.2) is 53.0 Å². The molecule has 1 atom stereocenters. The average Bonchev–Trinajstić information content (AvgIpc) is 3.19. The summed E-state index contributed by atoms with van der Waals surface area (Å²) >= 11 is 0. The van der Waals surface area contributed by atoms with Gasteiger partial charge in [-0.1, -0.05) is 67.8 Å². The van der Waals surface area contributed by atoms with Crippen LogP contribution in [0.4, 0.5) is 4.79 Å². The fourth-order valence-corrected chi connectivity index (χ4v) is 5.32. The molecule has 8 heteroatoms. The number of ether oxygens (including phenoxy) is 1. The first-order chi connectivity index (χ1) is 16.9. The van der Waals surface area contributed by atoms with E-state index in [1.165, 1.54) is 0 Å². The van der Waals surface area contributed by atoms with E-state index in [0.29, 0.717) is 6.42 Å². The van der Waals surface area contributed by atoms with Gasteiger partial charge in [0.1, 0.15) is 12.6 Å². The number of hydrogen-bond donors (Lipinski definition) is 4. The number of rotatable bonds is 9. The summed E-state index contributed by atoms with van der Waals surface area (Å²) in [4.78, 5) is 36.3. The zero-order valence-electron chi connectivity index (χ0n) is 19.7. The molecule has 0 heterocycles. The topological polar surface area (TPSA) is 125 Å². The number of benzene rings is 2. The van der Waals surface area contributed by atoms with E-state index in [9.17, 15) is 14.4 Å². The number of amides is 2. The lowest BCUT2D eigenvalue weighted by molar-refractivity contribution is -0.143. The Labute approximate surface area is 204 Å². The Morgan fingerprint density at radius 1 is 0.971 bits per heavy atom. The largest absolute Gasteiger partial charge is 0.480 e. The normalized spacial score (nSPS) is 17.1. The second-order valence-corrected chi connectivity index (χ2v) is 9.43. The Morgan fingerprint density at radius 3 is 2.14 bits per heavy atom. The van der Waals surface area contributed by atoms with E-state index >= 15 is 0 Å². The van der Waals surface area contributed by atoms with Gasteiger partial charge >= 0.3 is 12.1 Å². The Bertz CT molecular complexity index is 1030. The predicted octanol–water partition coefficient (Wildman–Crippen LogP) is 3.57. The van der Waals surface area contributed by atoms with Gasteiger partial charge in [0.25, 0.3) is 0 Å². The molecule has 0 spiro atoms. The monoisotopic (exact) mass is 480 g/mol. The number of aliphatic hydroxyl groups excluding tert-OH is 1. The van der Waals surface area contributed by atoms with Crippen molar-refractivity contribution in [2.24, 2.45) is 0 Å². The molecule has 2 aliphatic rings. The van der Waals surface area contributed by atoms with Crippen LogP contribution in [-0.2, 0) is 14.3 Å². The lowest BCUT2D eigenvalue weighted by Gasteiger charge is -2.38. The molecule has 0 aromatic heterocycles. The van der Waals surface area contributed by atoms with Gasteiger partial charge in [-0.05, 0) is 41.5 Å². The molecule has 35 heavy (non-hydrogen) atoms. The van der Waals surface area contributed by atoms with E-state index in [0.717, 1.165) is 54.4 Å².